The van der Waals surface area contributed by atoms with Crippen molar-refractivity contribution in [3.8, 4) is 23.3 Å². The Labute approximate surface area is 164 Å². The summed E-state index contributed by atoms with van der Waals surface area (Å²) in [6.07, 6.45) is -1.01. The van der Waals surface area contributed by atoms with E-state index in [1.54, 1.807) is 6.92 Å². The van der Waals surface area contributed by atoms with Crippen molar-refractivity contribution in [2.24, 2.45) is 0 Å². The van der Waals surface area contributed by atoms with E-state index in [1.807, 2.05) is 6.07 Å². The number of rotatable bonds is 8. The second kappa shape index (κ2) is 9.14. The molecule has 0 saturated carbocycles. The number of nitro groups is 2. The van der Waals surface area contributed by atoms with Gasteiger partial charge in [0.05, 0.1) is 28.1 Å². The fourth-order valence-electron chi connectivity index (χ4n) is 2.23. The topological polar surface area (TPSA) is 155 Å². The highest BCUT2D eigenvalue weighted by Crippen LogP contribution is 2.36. The molecular weight excluding hydrogens is 386 g/mol. The molecule has 2 aromatic carbocycles. The Bertz CT molecular complexity index is 999. The second-order valence-electron chi connectivity index (χ2n) is 5.55. The zero-order valence-corrected chi connectivity index (χ0v) is 15.4. The van der Waals surface area contributed by atoms with Gasteiger partial charge in [0, 0.05) is 12.1 Å². The van der Waals surface area contributed by atoms with Crippen molar-refractivity contribution in [2.75, 3.05) is 6.61 Å². The SMILES string of the molecule is CCOC(=O)C(C)Oc1cc(Oc2ccc([N+](=O)[O-])cc2[N+](=O)[O-])ccc1C#N. The van der Waals surface area contributed by atoms with Crippen molar-refractivity contribution >= 4 is 17.3 Å². The standard InChI is InChI=1S/C18H15N3O8/c1-3-27-18(22)11(2)28-17-9-14(6-4-12(17)10-19)29-16-7-5-13(20(23)24)8-15(16)21(25)26/h4-9,11H,3H2,1-2H3. The molecule has 1 unspecified atom stereocenters. The summed E-state index contributed by atoms with van der Waals surface area (Å²) in [4.78, 5) is 32.2. The number of esters is 1. The molecule has 2 rings (SSSR count). The minimum atomic E-state index is -1.01. The summed E-state index contributed by atoms with van der Waals surface area (Å²) in [6, 6.07) is 8.82. The van der Waals surface area contributed by atoms with Crippen molar-refractivity contribution in [3.05, 3.63) is 62.2 Å². The minimum absolute atomic E-state index is 0.00937. The van der Waals surface area contributed by atoms with Crippen LogP contribution in [0.15, 0.2) is 36.4 Å². The van der Waals surface area contributed by atoms with E-state index in [1.165, 1.54) is 25.1 Å². The van der Waals surface area contributed by atoms with Gasteiger partial charge >= 0.3 is 11.7 Å². The van der Waals surface area contributed by atoms with Crippen LogP contribution >= 0.6 is 0 Å². The normalized spacial score (nSPS) is 11.1. The molecule has 0 spiro atoms. The van der Waals surface area contributed by atoms with Crippen LogP contribution in [0.5, 0.6) is 17.2 Å². The highest BCUT2D eigenvalue weighted by Gasteiger charge is 2.22. The maximum absolute atomic E-state index is 11.7. The quantitative estimate of drug-likeness (QED) is 0.367. The third kappa shape index (κ3) is 5.16. The Kier molecular flexibility index (Phi) is 6.65. The van der Waals surface area contributed by atoms with Gasteiger partial charge in [-0.15, -0.1) is 0 Å². The van der Waals surface area contributed by atoms with Gasteiger partial charge in [-0.25, -0.2) is 4.79 Å². The molecule has 0 aliphatic heterocycles. The van der Waals surface area contributed by atoms with Gasteiger partial charge in [-0.1, -0.05) is 0 Å². The molecule has 0 heterocycles. The van der Waals surface area contributed by atoms with E-state index >= 15 is 0 Å². The van der Waals surface area contributed by atoms with Crippen molar-refractivity contribution in [2.45, 2.75) is 20.0 Å². The van der Waals surface area contributed by atoms with Gasteiger partial charge in [0.15, 0.2) is 6.10 Å². The van der Waals surface area contributed by atoms with Crippen LogP contribution in [0.25, 0.3) is 0 Å². The van der Waals surface area contributed by atoms with E-state index in [9.17, 15) is 30.3 Å². The van der Waals surface area contributed by atoms with Gasteiger partial charge in [-0.2, -0.15) is 5.26 Å². The summed E-state index contributed by atoms with van der Waals surface area (Å²) in [5.41, 5.74) is -0.964. The number of ether oxygens (including phenoxy) is 3. The number of nitriles is 1. The molecule has 11 heteroatoms. The zero-order chi connectivity index (χ0) is 21.6. The molecule has 0 radical (unpaired) electrons. The molecule has 0 aliphatic rings. The molecule has 0 fully saturated rings. The number of non-ortho nitro benzene ring substituents is 1. The first-order valence-electron chi connectivity index (χ1n) is 8.25. The first-order chi connectivity index (χ1) is 13.8. The van der Waals surface area contributed by atoms with E-state index in [2.05, 4.69) is 0 Å². The van der Waals surface area contributed by atoms with Gasteiger partial charge in [0.2, 0.25) is 5.75 Å². The fourth-order valence-corrected chi connectivity index (χ4v) is 2.23. The molecule has 0 bridgehead atoms. The van der Waals surface area contributed by atoms with Gasteiger partial charge < -0.3 is 14.2 Å². The molecule has 29 heavy (non-hydrogen) atoms. The summed E-state index contributed by atoms with van der Waals surface area (Å²) >= 11 is 0. The summed E-state index contributed by atoms with van der Waals surface area (Å²) in [5.74, 6) is -0.800. The average molecular weight is 401 g/mol. The van der Waals surface area contributed by atoms with Gasteiger partial charge in [0.25, 0.3) is 5.69 Å². The Morgan fingerprint density at radius 3 is 2.45 bits per heavy atom. The minimum Gasteiger partial charge on any atom is -0.477 e. The Hall–Kier alpha value is -4.20. The van der Waals surface area contributed by atoms with Crippen molar-refractivity contribution < 1.29 is 28.9 Å². The van der Waals surface area contributed by atoms with Crippen LogP contribution in [-0.4, -0.2) is 28.5 Å². The molecule has 150 valence electrons. The Balaban J connectivity index is 2.35. The third-order valence-electron chi connectivity index (χ3n) is 3.57. The van der Waals surface area contributed by atoms with E-state index in [-0.39, 0.29) is 29.4 Å². The molecular formula is C18H15N3O8. The first kappa shape index (κ1) is 21.1. The van der Waals surface area contributed by atoms with Gasteiger partial charge in [0.1, 0.15) is 17.6 Å². The Morgan fingerprint density at radius 1 is 1.14 bits per heavy atom. The lowest BCUT2D eigenvalue weighted by Gasteiger charge is -2.15. The summed E-state index contributed by atoms with van der Waals surface area (Å²) in [6.45, 7) is 3.23. The van der Waals surface area contributed by atoms with Crippen LogP contribution < -0.4 is 9.47 Å². The molecule has 11 nitrogen and oxygen atoms in total. The van der Waals surface area contributed by atoms with Crippen molar-refractivity contribution in [3.63, 3.8) is 0 Å². The molecule has 2 aromatic rings. The highest BCUT2D eigenvalue weighted by molar-refractivity contribution is 5.74. The Morgan fingerprint density at radius 2 is 1.86 bits per heavy atom. The van der Waals surface area contributed by atoms with E-state index in [0.717, 1.165) is 18.2 Å². The molecule has 1 atom stereocenters. The number of hydrogen-bond donors (Lipinski definition) is 0. The van der Waals surface area contributed by atoms with Crippen LogP contribution in [-0.2, 0) is 9.53 Å². The predicted molar refractivity (Wildman–Crippen MR) is 97.7 cm³/mol. The van der Waals surface area contributed by atoms with E-state index < -0.39 is 33.3 Å². The predicted octanol–water partition coefficient (Wildman–Crippen LogP) is 3.50. The lowest BCUT2D eigenvalue weighted by atomic mass is 10.2. The lowest BCUT2D eigenvalue weighted by Crippen LogP contribution is -2.26. The van der Waals surface area contributed by atoms with Crippen LogP contribution in [0.4, 0.5) is 11.4 Å². The second-order valence-corrected chi connectivity index (χ2v) is 5.55. The maximum atomic E-state index is 11.7. The zero-order valence-electron chi connectivity index (χ0n) is 15.4. The van der Waals surface area contributed by atoms with Crippen LogP contribution in [0, 0.1) is 31.6 Å². The van der Waals surface area contributed by atoms with Gasteiger partial charge in [-0.05, 0) is 32.0 Å². The number of nitro benzene ring substituents is 2. The molecule has 0 saturated heterocycles. The first-order valence-corrected chi connectivity index (χ1v) is 8.25. The fraction of sp³-hybridized carbons (Fsp3) is 0.222. The number of hydrogen-bond acceptors (Lipinski definition) is 9. The van der Waals surface area contributed by atoms with Crippen molar-refractivity contribution in [1.29, 1.82) is 5.26 Å². The summed E-state index contributed by atoms with van der Waals surface area (Å²) in [5, 5.41) is 31.3. The van der Waals surface area contributed by atoms with E-state index in [0.29, 0.717) is 0 Å². The highest BCUT2D eigenvalue weighted by atomic mass is 16.6. The third-order valence-corrected chi connectivity index (χ3v) is 3.57. The number of nitrogens with zero attached hydrogens (tertiary/aromatic N) is 3. The smallest absolute Gasteiger partial charge is 0.347 e. The number of carbonyl (C=O) groups is 1. The molecule has 0 aromatic heterocycles. The van der Waals surface area contributed by atoms with Crippen LogP contribution in [0.1, 0.15) is 19.4 Å². The van der Waals surface area contributed by atoms with Crippen molar-refractivity contribution in [1.82, 2.24) is 0 Å². The largest absolute Gasteiger partial charge is 0.477 e. The van der Waals surface area contributed by atoms with Crippen LogP contribution in [0.3, 0.4) is 0 Å². The monoisotopic (exact) mass is 401 g/mol. The summed E-state index contributed by atoms with van der Waals surface area (Å²) < 4.78 is 15.8. The molecule has 0 aliphatic carbocycles. The molecule has 0 N–H and O–H groups in total. The van der Waals surface area contributed by atoms with E-state index in [4.69, 9.17) is 14.2 Å². The lowest BCUT2D eigenvalue weighted by molar-refractivity contribution is -0.394. The number of benzene rings is 2. The molecule has 0 amide bonds. The average Bonchev–Trinajstić information content (AvgIpc) is 2.68. The summed E-state index contributed by atoms with van der Waals surface area (Å²) in [7, 11) is 0. The maximum Gasteiger partial charge on any atom is 0.347 e. The van der Waals surface area contributed by atoms with Crippen LogP contribution in [0.2, 0.25) is 0 Å². The number of carbonyl (C=O) groups excluding carboxylic acids is 1. The van der Waals surface area contributed by atoms with Gasteiger partial charge in [-0.3, -0.25) is 20.2 Å².